The molecule has 14 heavy (non-hydrogen) atoms. The molecular weight excluding hydrogens is 195 g/mol. The van der Waals surface area contributed by atoms with Gasteiger partial charge in [0.05, 0.1) is 12.6 Å². The summed E-state index contributed by atoms with van der Waals surface area (Å²) in [6, 6.07) is 1.06. The predicted molar refractivity (Wildman–Crippen MR) is 45.1 cm³/mol. The molecule has 1 atom stereocenters. The van der Waals surface area contributed by atoms with Gasteiger partial charge in [-0.2, -0.15) is 0 Å². The molecule has 0 aromatic heterocycles. The Hall–Kier alpha value is -1.07. The molecule has 1 rings (SSSR count). The van der Waals surface area contributed by atoms with Gasteiger partial charge in [-0.15, -0.1) is 0 Å². The Labute approximate surface area is 79.5 Å². The Morgan fingerprint density at radius 1 is 1.29 bits per heavy atom. The minimum absolute atomic E-state index is 0.116. The summed E-state index contributed by atoms with van der Waals surface area (Å²) in [7, 11) is 1.41. The van der Waals surface area contributed by atoms with E-state index < -0.39 is 23.5 Å². The summed E-state index contributed by atoms with van der Waals surface area (Å²) in [6.07, 6.45) is 0. The SMILES string of the molecule is COC[C@H](N)c1cc(F)c(F)c(F)c1. The van der Waals surface area contributed by atoms with Crippen molar-refractivity contribution in [3.63, 3.8) is 0 Å². The Bertz CT molecular complexity index is 307. The maximum Gasteiger partial charge on any atom is 0.194 e. The number of ether oxygens (including phenoxy) is 1. The Balaban J connectivity index is 3.00. The van der Waals surface area contributed by atoms with E-state index in [2.05, 4.69) is 0 Å². The van der Waals surface area contributed by atoms with E-state index in [-0.39, 0.29) is 12.2 Å². The van der Waals surface area contributed by atoms with E-state index in [1.807, 2.05) is 0 Å². The van der Waals surface area contributed by atoms with Gasteiger partial charge in [-0.05, 0) is 17.7 Å². The third-order valence-corrected chi connectivity index (χ3v) is 1.78. The van der Waals surface area contributed by atoms with Crippen LogP contribution >= 0.6 is 0 Å². The van der Waals surface area contributed by atoms with Gasteiger partial charge < -0.3 is 10.5 Å². The molecule has 1 aromatic rings. The number of benzene rings is 1. The van der Waals surface area contributed by atoms with Crippen molar-refractivity contribution in [2.24, 2.45) is 5.73 Å². The van der Waals surface area contributed by atoms with Crippen LogP contribution in [0.2, 0.25) is 0 Å². The molecule has 0 heterocycles. The first kappa shape index (κ1) is 11.0. The molecule has 0 saturated heterocycles. The lowest BCUT2D eigenvalue weighted by molar-refractivity contribution is 0.180. The van der Waals surface area contributed by atoms with Crippen LogP contribution in [-0.2, 0) is 4.74 Å². The highest BCUT2D eigenvalue weighted by Crippen LogP contribution is 2.17. The van der Waals surface area contributed by atoms with E-state index in [9.17, 15) is 13.2 Å². The molecule has 0 bridgehead atoms. The first-order chi connectivity index (χ1) is 6.56. The van der Waals surface area contributed by atoms with Crippen molar-refractivity contribution in [1.29, 1.82) is 0 Å². The van der Waals surface area contributed by atoms with Crippen molar-refractivity contribution in [3.8, 4) is 0 Å². The smallest absolute Gasteiger partial charge is 0.194 e. The Morgan fingerprint density at radius 2 is 1.79 bits per heavy atom. The second kappa shape index (κ2) is 4.43. The largest absolute Gasteiger partial charge is 0.383 e. The zero-order chi connectivity index (χ0) is 10.7. The minimum Gasteiger partial charge on any atom is -0.383 e. The third-order valence-electron chi connectivity index (χ3n) is 1.78. The van der Waals surface area contributed by atoms with Crippen molar-refractivity contribution in [2.45, 2.75) is 6.04 Å². The number of rotatable bonds is 3. The molecule has 0 aliphatic heterocycles. The summed E-state index contributed by atoms with van der Waals surface area (Å²) in [4.78, 5) is 0. The van der Waals surface area contributed by atoms with Gasteiger partial charge in [0.1, 0.15) is 0 Å². The average Bonchev–Trinajstić information content (AvgIpc) is 2.13. The second-order valence-electron chi connectivity index (χ2n) is 2.86. The summed E-state index contributed by atoms with van der Waals surface area (Å²) in [5, 5.41) is 0. The van der Waals surface area contributed by atoms with Crippen LogP contribution < -0.4 is 5.73 Å². The van der Waals surface area contributed by atoms with E-state index in [4.69, 9.17) is 10.5 Å². The van der Waals surface area contributed by atoms with E-state index in [1.54, 1.807) is 0 Å². The molecule has 2 N–H and O–H groups in total. The average molecular weight is 205 g/mol. The molecule has 0 aliphatic rings. The van der Waals surface area contributed by atoms with Crippen LogP contribution in [0.15, 0.2) is 12.1 Å². The summed E-state index contributed by atoms with van der Waals surface area (Å²) >= 11 is 0. The molecular formula is C9H10F3NO. The highest BCUT2D eigenvalue weighted by molar-refractivity contribution is 5.22. The highest BCUT2D eigenvalue weighted by Gasteiger charge is 2.14. The standard InChI is InChI=1S/C9H10F3NO/c1-14-4-8(13)5-2-6(10)9(12)7(11)3-5/h2-3,8H,4,13H2,1H3/t8-/m0/s1. The Morgan fingerprint density at radius 3 is 2.21 bits per heavy atom. The first-order valence-corrected chi connectivity index (χ1v) is 3.95. The maximum atomic E-state index is 12.7. The molecule has 1 aromatic carbocycles. The molecule has 0 fully saturated rings. The lowest BCUT2D eigenvalue weighted by atomic mass is 10.1. The van der Waals surface area contributed by atoms with Crippen molar-refractivity contribution in [2.75, 3.05) is 13.7 Å². The van der Waals surface area contributed by atoms with Gasteiger partial charge in [-0.1, -0.05) is 0 Å². The van der Waals surface area contributed by atoms with Crippen molar-refractivity contribution >= 4 is 0 Å². The van der Waals surface area contributed by atoms with E-state index >= 15 is 0 Å². The molecule has 5 heteroatoms. The topological polar surface area (TPSA) is 35.2 Å². The number of methoxy groups -OCH3 is 1. The van der Waals surface area contributed by atoms with Crippen LogP contribution in [0.4, 0.5) is 13.2 Å². The normalized spacial score (nSPS) is 12.9. The summed E-state index contributed by atoms with van der Waals surface area (Å²) < 4.78 is 42.7. The van der Waals surface area contributed by atoms with Crippen LogP contribution in [0.1, 0.15) is 11.6 Å². The quantitative estimate of drug-likeness (QED) is 0.763. The number of hydrogen-bond acceptors (Lipinski definition) is 2. The highest BCUT2D eigenvalue weighted by atomic mass is 19.2. The Kier molecular flexibility index (Phi) is 3.49. The van der Waals surface area contributed by atoms with Crippen LogP contribution in [-0.4, -0.2) is 13.7 Å². The van der Waals surface area contributed by atoms with E-state index in [0.29, 0.717) is 0 Å². The molecule has 0 saturated carbocycles. The molecule has 2 nitrogen and oxygen atoms in total. The lowest BCUT2D eigenvalue weighted by Gasteiger charge is -2.11. The fraction of sp³-hybridized carbons (Fsp3) is 0.333. The number of nitrogens with two attached hydrogens (primary N) is 1. The first-order valence-electron chi connectivity index (χ1n) is 3.95. The molecule has 78 valence electrons. The van der Waals surface area contributed by atoms with Gasteiger partial charge in [0.15, 0.2) is 17.5 Å². The second-order valence-corrected chi connectivity index (χ2v) is 2.86. The van der Waals surface area contributed by atoms with E-state index in [1.165, 1.54) is 7.11 Å². The van der Waals surface area contributed by atoms with Crippen LogP contribution in [0.5, 0.6) is 0 Å². The van der Waals surface area contributed by atoms with Gasteiger partial charge in [-0.25, -0.2) is 13.2 Å². The van der Waals surface area contributed by atoms with Gasteiger partial charge in [-0.3, -0.25) is 0 Å². The lowest BCUT2D eigenvalue weighted by Crippen LogP contribution is -2.16. The zero-order valence-electron chi connectivity index (χ0n) is 7.56. The monoisotopic (exact) mass is 205 g/mol. The van der Waals surface area contributed by atoms with Crippen molar-refractivity contribution < 1.29 is 17.9 Å². The van der Waals surface area contributed by atoms with Gasteiger partial charge >= 0.3 is 0 Å². The zero-order valence-corrected chi connectivity index (χ0v) is 7.56. The molecule has 0 amide bonds. The number of halogens is 3. The van der Waals surface area contributed by atoms with Gasteiger partial charge in [0.2, 0.25) is 0 Å². The maximum absolute atomic E-state index is 12.7. The summed E-state index contributed by atoms with van der Waals surface area (Å²) in [5.41, 5.74) is 5.68. The van der Waals surface area contributed by atoms with Crippen molar-refractivity contribution in [1.82, 2.24) is 0 Å². The molecule has 0 aliphatic carbocycles. The van der Waals surface area contributed by atoms with Gasteiger partial charge in [0.25, 0.3) is 0 Å². The fourth-order valence-electron chi connectivity index (χ4n) is 1.06. The summed E-state index contributed by atoms with van der Waals surface area (Å²) in [6.45, 7) is 0.116. The van der Waals surface area contributed by atoms with E-state index in [0.717, 1.165) is 12.1 Å². The number of hydrogen-bond donors (Lipinski definition) is 1. The minimum atomic E-state index is -1.49. The third kappa shape index (κ3) is 2.24. The van der Waals surface area contributed by atoms with Gasteiger partial charge in [0, 0.05) is 7.11 Å². The molecule has 0 unspecified atom stereocenters. The fourth-order valence-corrected chi connectivity index (χ4v) is 1.06. The molecule has 0 spiro atoms. The molecule has 0 radical (unpaired) electrons. The van der Waals surface area contributed by atoms with Crippen LogP contribution in [0.25, 0.3) is 0 Å². The van der Waals surface area contributed by atoms with Crippen LogP contribution in [0, 0.1) is 17.5 Å². The van der Waals surface area contributed by atoms with Crippen LogP contribution in [0.3, 0.4) is 0 Å². The summed E-state index contributed by atoms with van der Waals surface area (Å²) in [5.74, 6) is -3.98. The predicted octanol–water partition coefficient (Wildman–Crippen LogP) is 1.75. The van der Waals surface area contributed by atoms with Crippen molar-refractivity contribution in [3.05, 3.63) is 35.1 Å².